The van der Waals surface area contributed by atoms with Crippen molar-refractivity contribution in [2.45, 2.75) is 37.6 Å². The van der Waals surface area contributed by atoms with Crippen LogP contribution in [0, 0.1) is 19.8 Å². The summed E-state index contributed by atoms with van der Waals surface area (Å²) in [6.07, 6.45) is 1.91. The number of hydrogen-bond acceptors (Lipinski definition) is 4. The van der Waals surface area contributed by atoms with Crippen molar-refractivity contribution in [3.63, 3.8) is 0 Å². The zero-order valence-electron chi connectivity index (χ0n) is 11.2. The first-order chi connectivity index (χ1) is 8.74. The fraction of sp³-hybridized carbons (Fsp3) is 0.636. The van der Waals surface area contributed by atoms with Gasteiger partial charge in [-0.1, -0.05) is 12.2 Å². The average molecular weight is 302 g/mol. The van der Waals surface area contributed by atoms with Crippen molar-refractivity contribution in [2.24, 2.45) is 18.7 Å². The molecule has 0 bridgehead atoms. The van der Waals surface area contributed by atoms with Gasteiger partial charge in [0.2, 0.25) is 10.0 Å². The Kier molecular flexibility index (Phi) is 3.67. The molecule has 6 nitrogen and oxygen atoms in total. The average Bonchev–Trinajstić information content (AvgIpc) is 3.04. The van der Waals surface area contributed by atoms with E-state index in [1.165, 1.54) is 0 Å². The molecule has 19 heavy (non-hydrogen) atoms. The first-order valence-corrected chi connectivity index (χ1v) is 7.95. The van der Waals surface area contributed by atoms with Gasteiger partial charge in [-0.25, -0.2) is 13.1 Å². The van der Waals surface area contributed by atoms with E-state index in [0.29, 0.717) is 11.4 Å². The third-order valence-electron chi connectivity index (χ3n) is 3.39. The summed E-state index contributed by atoms with van der Waals surface area (Å²) in [5, 5.41) is 4.12. The fourth-order valence-electron chi connectivity index (χ4n) is 2.19. The molecule has 1 aromatic rings. The van der Waals surface area contributed by atoms with Crippen LogP contribution in [0.2, 0.25) is 0 Å². The second-order valence-electron chi connectivity index (χ2n) is 4.96. The molecular weight excluding hydrogens is 284 g/mol. The minimum Gasteiger partial charge on any atom is -0.392 e. The fourth-order valence-corrected chi connectivity index (χ4v) is 4.23. The molecule has 1 unspecified atom stereocenters. The van der Waals surface area contributed by atoms with Crippen LogP contribution in [0.5, 0.6) is 0 Å². The van der Waals surface area contributed by atoms with E-state index in [-0.39, 0.29) is 15.8 Å². The maximum absolute atomic E-state index is 12.5. The molecule has 0 radical (unpaired) electrons. The highest BCUT2D eigenvalue weighted by molar-refractivity contribution is 7.89. The third kappa shape index (κ3) is 2.80. The molecule has 0 saturated heterocycles. The van der Waals surface area contributed by atoms with Crippen LogP contribution < -0.4 is 10.5 Å². The lowest BCUT2D eigenvalue weighted by molar-refractivity contribution is 0.563. The molecule has 0 spiro atoms. The Bertz CT molecular complexity index is 617. The molecular formula is C11H18N4O2S2. The highest BCUT2D eigenvalue weighted by atomic mass is 32.2. The Morgan fingerprint density at radius 2 is 2.11 bits per heavy atom. The van der Waals surface area contributed by atoms with E-state index in [1.807, 2.05) is 0 Å². The number of nitrogens with one attached hydrogen (secondary N) is 1. The van der Waals surface area contributed by atoms with E-state index in [2.05, 4.69) is 9.82 Å². The largest absolute Gasteiger partial charge is 0.392 e. The van der Waals surface area contributed by atoms with Gasteiger partial charge in [-0.05, 0) is 32.6 Å². The molecule has 0 aromatic carbocycles. The van der Waals surface area contributed by atoms with Gasteiger partial charge in [-0.3, -0.25) is 4.68 Å². The first kappa shape index (κ1) is 14.4. The van der Waals surface area contributed by atoms with Crippen molar-refractivity contribution in [3.05, 3.63) is 11.4 Å². The number of rotatable bonds is 5. The highest BCUT2D eigenvalue weighted by Crippen LogP contribution is 2.33. The predicted octanol–water partition coefficient (Wildman–Crippen LogP) is 0.380. The van der Waals surface area contributed by atoms with Gasteiger partial charge in [0.1, 0.15) is 4.90 Å². The van der Waals surface area contributed by atoms with E-state index in [4.69, 9.17) is 18.0 Å². The summed E-state index contributed by atoms with van der Waals surface area (Å²) in [4.78, 5) is 0.419. The molecule has 8 heteroatoms. The topological polar surface area (TPSA) is 90.0 Å². The summed E-state index contributed by atoms with van der Waals surface area (Å²) < 4.78 is 29.1. The van der Waals surface area contributed by atoms with Gasteiger partial charge in [0.25, 0.3) is 0 Å². The molecule has 0 amide bonds. The van der Waals surface area contributed by atoms with Crippen LogP contribution in [0.1, 0.15) is 24.2 Å². The van der Waals surface area contributed by atoms with Gasteiger partial charge < -0.3 is 5.73 Å². The Labute approximate surface area is 118 Å². The van der Waals surface area contributed by atoms with Gasteiger partial charge in [0.15, 0.2) is 0 Å². The lowest BCUT2D eigenvalue weighted by atomic mass is 10.2. The second kappa shape index (κ2) is 4.84. The van der Waals surface area contributed by atoms with Crippen LogP contribution in [-0.2, 0) is 17.1 Å². The van der Waals surface area contributed by atoms with E-state index in [9.17, 15) is 8.42 Å². The molecule has 1 aliphatic carbocycles. The summed E-state index contributed by atoms with van der Waals surface area (Å²) in [7, 11) is -1.94. The highest BCUT2D eigenvalue weighted by Gasteiger charge is 2.37. The lowest BCUT2D eigenvalue weighted by Gasteiger charge is -2.17. The van der Waals surface area contributed by atoms with Crippen molar-refractivity contribution in [1.29, 1.82) is 0 Å². The molecule has 3 N–H and O–H groups in total. The van der Waals surface area contributed by atoms with Gasteiger partial charge >= 0.3 is 0 Å². The van der Waals surface area contributed by atoms with Crippen LogP contribution in [-0.4, -0.2) is 29.2 Å². The van der Waals surface area contributed by atoms with Gasteiger partial charge in [-0.2, -0.15) is 5.10 Å². The van der Waals surface area contributed by atoms with Crippen molar-refractivity contribution < 1.29 is 8.42 Å². The Morgan fingerprint density at radius 1 is 1.53 bits per heavy atom. The summed E-state index contributed by atoms with van der Waals surface area (Å²) in [5.41, 5.74) is 6.70. The normalized spacial score (nSPS) is 17.4. The van der Waals surface area contributed by atoms with Crippen LogP contribution in [0.25, 0.3) is 0 Å². The van der Waals surface area contributed by atoms with Crippen molar-refractivity contribution in [1.82, 2.24) is 14.5 Å². The van der Waals surface area contributed by atoms with Crippen LogP contribution >= 0.6 is 12.2 Å². The lowest BCUT2D eigenvalue weighted by Crippen LogP contribution is -2.45. The van der Waals surface area contributed by atoms with Gasteiger partial charge in [-0.15, -0.1) is 0 Å². The molecule has 1 aliphatic rings. The van der Waals surface area contributed by atoms with E-state index in [0.717, 1.165) is 12.8 Å². The Hall–Kier alpha value is -0.990. The Balaban J connectivity index is 2.34. The second-order valence-corrected chi connectivity index (χ2v) is 7.08. The minimum atomic E-state index is -3.65. The smallest absolute Gasteiger partial charge is 0.244 e. The van der Waals surface area contributed by atoms with Crippen molar-refractivity contribution in [3.8, 4) is 0 Å². The Morgan fingerprint density at radius 3 is 2.47 bits per heavy atom. The number of nitrogens with two attached hydrogens (primary N) is 1. The van der Waals surface area contributed by atoms with Crippen LogP contribution in [0.3, 0.4) is 0 Å². The predicted molar refractivity (Wildman–Crippen MR) is 76.3 cm³/mol. The third-order valence-corrected chi connectivity index (χ3v) is 5.34. The SMILES string of the molecule is Cc1nn(C)c(C)c1S(=O)(=O)NC(C(N)=S)C1CC1. The number of thiocarbonyl (C=S) groups is 1. The summed E-state index contributed by atoms with van der Waals surface area (Å²) in [6, 6.07) is -0.459. The van der Waals surface area contributed by atoms with Gasteiger partial charge in [0, 0.05) is 7.05 Å². The molecule has 0 aliphatic heterocycles. The van der Waals surface area contributed by atoms with E-state index < -0.39 is 16.1 Å². The summed E-state index contributed by atoms with van der Waals surface area (Å²) in [6.45, 7) is 3.40. The summed E-state index contributed by atoms with van der Waals surface area (Å²) in [5.74, 6) is 0.226. The van der Waals surface area contributed by atoms with E-state index >= 15 is 0 Å². The van der Waals surface area contributed by atoms with Crippen molar-refractivity contribution >= 4 is 27.2 Å². The number of nitrogens with zero attached hydrogens (tertiary/aromatic N) is 2. The number of aryl methyl sites for hydroxylation is 2. The van der Waals surface area contributed by atoms with Gasteiger partial charge in [0.05, 0.1) is 22.4 Å². The quantitative estimate of drug-likeness (QED) is 0.768. The molecule has 2 rings (SSSR count). The van der Waals surface area contributed by atoms with Crippen LogP contribution in [0.15, 0.2) is 4.90 Å². The molecule has 1 fully saturated rings. The first-order valence-electron chi connectivity index (χ1n) is 6.06. The number of sulfonamides is 1. The standard InChI is InChI=1S/C11H18N4O2S2/c1-6-10(7(2)15(3)13-6)19(16,17)14-9(11(12)18)8-4-5-8/h8-9,14H,4-5H2,1-3H3,(H2,12,18). The van der Waals surface area contributed by atoms with E-state index in [1.54, 1.807) is 25.6 Å². The minimum absolute atomic E-state index is 0.199. The maximum Gasteiger partial charge on any atom is 0.244 e. The van der Waals surface area contributed by atoms with Crippen LogP contribution in [0.4, 0.5) is 0 Å². The molecule has 1 saturated carbocycles. The molecule has 1 heterocycles. The molecule has 1 aromatic heterocycles. The zero-order chi connectivity index (χ0) is 14.4. The van der Waals surface area contributed by atoms with Crippen molar-refractivity contribution in [2.75, 3.05) is 0 Å². The monoisotopic (exact) mass is 302 g/mol. The maximum atomic E-state index is 12.5. The number of hydrogen-bond donors (Lipinski definition) is 2. The molecule has 106 valence electrons. The summed E-state index contributed by atoms with van der Waals surface area (Å²) >= 11 is 4.95. The number of aromatic nitrogens is 2. The molecule has 1 atom stereocenters. The zero-order valence-corrected chi connectivity index (χ0v) is 12.8.